The standard InChI is InChI=1S/C17H23ClO4/c1-21-16(19)13-9-4-2-3-8-12-15(18)17(20)22-14-10-6-5-7-11-14/h5-7,10-11,15H,2-4,8-9,12-13H2,1H3/t15-/m0/s1. The number of benzene rings is 1. The summed E-state index contributed by atoms with van der Waals surface area (Å²) in [6.45, 7) is 0. The van der Waals surface area contributed by atoms with Gasteiger partial charge in [0, 0.05) is 6.42 Å². The Labute approximate surface area is 136 Å². The van der Waals surface area contributed by atoms with Gasteiger partial charge >= 0.3 is 11.9 Å². The maximum Gasteiger partial charge on any atom is 0.329 e. The van der Waals surface area contributed by atoms with Gasteiger partial charge in [-0.2, -0.15) is 0 Å². The number of alkyl halides is 1. The van der Waals surface area contributed by atoms with Crippen molar-refractivity contribution in [2.75, 3.05) is 7.11 Å². The van der Waals surface area contributed by atoms with Gasteiger partial charge in [0.05, 0.1) is 7.11 Å². The largest absolute Gasteiger partial charge is 0.469 e. The molecule has 4 nitrogen and oxygen atoms in total. The first-order valence-corrected chi connectivity index (χ1v) is 8.04. The van der Waals surface area contributed by atoms with Crippen molar-refractivity contribution in [3.05, 3.63) is 30.3 Å². The smallest absolute Gasteiger partial charge is 0.329 e. The van der Waals surface area contributed by atoms with Gasteiger partial charge < -0.3 is 9.47 Å². The van der Waals surface area contributed by atoms with Gasteiger partial charge in [-0.3, -0.25) is 9.59 Å². The third kappa shape index (κ3) is 8.03. The van der Waals surface area contributed by atoms with Crippen LogP contribution >= 0.6 is 11.6 Å². The molecular formula is C17H23ClO4. The highest BCUT2D eigenvalue weighted by Gasteiger charge is 2.17. The maximum absolute atomic E-state index is 11.8. The second kappa shape index (κ2) is 11.1. The summed E-state index contributed by atoms with van der Waals surface area (Å²) >= 11 is 6.05. The Balaban J connectivity index is 2.06. The molecule has 22 heavy (non-hydrogen) atoms. The second-order valence-electron chi connectivity index (χ2n) is 5.08. The summed E-state index contributed by atoms with van der Waals surface area (Å²) in [5, 5.41) is -0.615. The highest BCUT2D eigenvalue weighted by molar-refractivity contribution is 6.30. The van der Waals surface area contributed by atoms with E-state index in [2.05, 4.69) is 4.74 Å². The minimum Gasteiger partial charge on any atom is -0.469 e. The number of halogens is 1. The van der Waals surface area contributed by atoms with E-state index in [9.17, 15) is 9.59 Å². The first-order valence-electron chi connectivity index (χ1n) is 7.61. The molecule has 0 heterocycles. The van der Waals surface area contributed by atoms with Crippen LogP contribution in [0.1, 0.15) is 44.9 Å². The molecule has 0 saturated carbocycles. The minimum absolute atomic E-state index is 0.163. The van der Waals surface area contributed by atoms with Gasteiger partial charge in [0.15, 0.2) is 0 Å². The minimum atomic E-state index is -0.615. The molecule has 0 saturated heterocycles. The van der Waals surface area contributed by atoms with E-state index < -0.39 is 11.3 Å². The SMILES string of the molecule is COC(=O)CCCCCCC[C@H](Cl)C(=O)Oc1ccccc1. The Kier molecular flexibility index (Phi) is 9.31. The van der Waals surface area contributed by atoms with Crippen molar-refractivity contribution in [3.63, 3.8) is 0 Å². The predicted molar refractivity (Wildman–Crippen MR) is 86.1 cm³/mol. The highest BCUT2D eigenvalue weighted by atomic mass is 35.5. The summed E-state index contributed by atoms with van der Waals surface area (Å²) < 4.78 is 9.76. The zero-order valence-electron chi connectivity index (χ0n) is 12.9. The summed E-state index contributed by atoms with van der Waals surface area (Å²) in [6, 6.07) is 8.92. The second-order valence-corrected chi connectivity index (χ2v) is 5.61. The lowest BCUT2D eigenvalue weighted by Crippen LogP contribution is -2.20. The lowest BCUT2D eigenvalue weighted by atomic mass is 10.1. The third-order valence-corrected chi connectivity index (χ3v) is 3.68. The van der Waals surface area contributed by atoms with Gasteiger partial charge in [0.25, 0.3) is 0 Å². The number of rotatable bonds is 10. The summed E-state index contributed by atoms with van der Waals surface area (Å²) in [5.74, 6) is -0.0519. The highest BCUT2D eigenvalue weighted by Crippen LogP contribution is 2.16. The Morgan fingerprint density at radius 2 is 1.68 bits per heavy atom. The molecule has 0 unspecified atom stereocenters. The molecule has 122 valence electrons. The molecule has 5 heteroatoms. The Hall–Kier alpha value is -1.55. The number of ether oxygens (including phenoxy) is 2. The van der Waals surface area contributed by atoms with E-state index in [1.165, 1.54) is 7.11 Å². The molecule has 1 aromatic carbocycles. The van der Waals surface area contributed by atoms with Crippen LogP contribution in [0, 0.1) is 0 Å². The monoisotopic (exact) mass is 326 g/mol. The molecule has 0 spiro atoms. The quantitative estimate of drug-likeness (QED) is 0.281. The van der Waals surface area contributed by atoms with Crippen molar-refractivity contribution in [2.45, 2.75) is 50.3 Å². The van der Waals surface area contributed by atoms with Crippen molar-refractivity contribution in [3.8, 4) is 5.75 Å². The van der Waals surface area contributed by atoms with Gasteiger partial charge in [-0.05, 0) is 25.0 Å². The number of para-hydroxylation sites is 1. The molecular weight excluding hydrogens is 304 g/mol. The summed E-state index contributed by atoms with van der Waals surface area (Å²) in [7, 11) is 1.40. The van der Waals surface area contributed by atoms with Crippen molar-refractivity contribution in [1.29, 1.82) is 0 Å². The first-order chi connectivity index (χ1) is 10.6. The zero-order valence-corrected chi connectivity index (χ0v) is 13.7. The van der Waals surface area contributed by atoms with E-state index in [1.54, 1.807) is 24.3 Å². The Bertz CT molecular complexity index is 447. The number of esters is 2. The number of hydrogen-bond donors (Lipinski definition) is 0. The first kappa shape index (κ1) is 18.5. The van der Waals surface area contributed by atoms with Crippen molar-refractivity contribution in [2.24, 2.45) is 0 Å². The van der Waals surface area contributed by atoms with Gasteiger partial charge in [-0.15, -0.1) is 11.6 Å². The van der Waals surface area contributed by atoms with Gasteiger partial charge in [-0.1, -0.05) is 43.9 Å². The number of carbonyl (C=O) groups excluding carboxylic acids is 2. The number of methoxy groups -OCH3 is 1. The van der Waals surface area contributed by atoms with Gasteiger partial charge in [0.2, 0.25) is 0 Å². The van der Waals surface area contributed by atoms with Crippen molar-refractivity contribution < 1.29 is 19.1 Å². The van der Waals surface area contributed by atoms with Crippen LogP contribution in [0.15, 0.2) is 30.3 Å². The zero-order chi connectivity index (χ0) is 16.2. The van der Waals surface area contributed by atoms with Crippen LogP contribution in [0.4, 0.5) is 0 Å². The molecule has 1 aromatic rings. The van der Waals surface area contributed by atoms with E-state index in [0.717, 1.165) is 32.1 Å². The van der Waals surface area contributed by atoms with Crippen LogP contribution in [0.25, 0.3) is 0 Å². The fourth-order valence-corrected chi connectivity index (χ4v) is 2.21. The van der Waals surface area contributed by atoms with E-state index in [1.807, 2.05) is 6.07 Å². The predicted octanol–water partition coefficient (Wildman–Crippen LogP) is 4.10. The average Bonchev–Trinajstić information content (AvgIpc) is 2.54. The lowest BCUT2D eigenvalue weighted by molar-refractivity contribution is -0.140. The fraction of sp³-hybridized carbons (Fsp3) is 0.529. The van der Waals surface area contributed by atoms with Gasteiger partial charge in [-0.25, -0.2) is 0 Å². The molecule has 1 atom stereocenters. The normalized spacial score (nSPS) is 11.7. The maximum atomic E-state index is 11.8. The number of unbranched alkanes of at least 4 members (excludes halogenated alkanes) is 4. The molecule has 0 bridgehead atoms. The summed E-state index contributed by atoms with van der Waals surface area (Å²) in [4.78, 5) is 22.7. The van der Waals surface area contributed by atoms with E-state index in [0.29, 0.717) is 18.6 Å². The summed E-state index contributed by atoms with van der Waals surface area (Å²) in [6.07, 6.45) is 5.78. The molecule has 0 aromatic heterocycles. The van der Waals surface area contributed by atoms with E-state index in [-0.39, 0.29) is 5.97 Å². The van der Waals surface area contributed by atoms with E-state index >= 15 is 0 Å². The van der Waals surface area contributed by atoms with Crippen LogP contribution in [0.2, 0.25) is 0 Å². The molecule has 1 rings (SSSR count). The number of carbonyl (C=O) groups is 2. The lowest BCUT2D eigenvalue weighted by Gasteiger charge is -2.09. The van der Waals surface area contributed by atoms with Crippen LogP contribution in [0.3, 0.4) is 0 Å². The molecule has 0 aliphatic heterocycles. The molecule has 0 aliphatic carbocycles. The molecule has 0 amide bonds. The van der Waals surface area contributed by atoms with Crippen LogP contribution in [-0.2, 0) is 14.3 Å². The van der Waals surface area contributed by atoms with Crippen molar-refractivity contribution >= 4 is 23.5 Å². The Morgan fingerprint density at radius 1 is 1.05 bits per heavy atom. The molecule has 0 N–H and O–H groups in total. The van der Waals surface area contributed by atoms with E-state index in [4.69, 9.17) is 16.3 Å². The van der Waals surface area contributed by atoms with Crippen LogP contribution in [-0.4, -0.2) is 24.4 Å². The Morgan fingerprint density at radius 3 is 2.36 bits per heavy atom. The number of hydrogen-bond acceptors (Lipinski definition) is 4. The summed E-state index contributed by atoms with van der Waals surface area (Å²) in [5.41, 5.74) is 0. The van der Waals surface area contributed by atoms with Crippen molar-refractivity contribution in [1.82, 2.24) is 0 Å². The molecule has 0 radical (unpaired) electrons. The fourth-order valence-electron chi connectivity index (χ4n) is 2.01. The van der Waals surface area contributed by atoms with Gasteiger partial charge in [0.1, 0.15) is 11.1 Å². The topological polar surface area (TPSA) is 52.6 Å². The molecule has 0 fully saturated rings. The average molecular weight is 327 g/mol. The third-order valence-electron chi connectivity index (χ3n) is 3.28. The van der Waals surface area contributed by atoms with Crippen LogP contribution in [0.5, 0.6) is 5.75 Å². The molecule has 0 aliphatic rings. The van der Waals surface area contributed by atoms with Crippen LogP contribution < -0.4 is 4.74 Å².